The number of carbonyl (C=O) groups is 1. The van der Waals surface area contributed by atoms with Gasteiger partial charge in [0.15, 0.2) is 0 Å². The molecule has 4 rings (SSSR count). The second-order valence-corrected chi connectivity index (χ2v) is 8.18. The Morgan fingerprint density at radius 3 is 2.46 bits per heavy atom. The Bertz CT molecular complexity index is 806. The molecule has 2 bridgehead atoms. The summed E-state index contributed by atoms with van der Waals surface area (Å²) in [4.78, 5) is 14.4. The highest BCUT2D eigenvalue weighted by Crippen LogP contribution is 2.52. The molecular weight excluding hydrogens is 348 g/mol. The summed E-state index contributed by atoms with van der Waals surface area (Å²) in [6.45, 7) is 5.77. The smallest absolute Gasteiger partial charge is 0.248 e. The summed E-state index contributed by atoms with van der Waals surface area (Å²) in [6.07, 6.45) is 3.56. The van der Waals surface area contributed by atoms with E-state index in [1.54, 1.807) is 6.07 Å². The summed E-state index contributed by atoms with van der Waals surface area (Å²) in [5.41, 5.74) is 8.31. The van der Waals surface area contributed by atoms with E-state index in [1.165, 1.54) is 12.0 Å². The van der Waals surface area contributed by atoms with Gasteiger partial charge in [-0.3, -0.25) is 9.69 Å². The minimum Gasteiger partial charge on any atom is -0.370 e. The molecule has 0 aromatic heterocycles. The largest absolute Gasteiger partial charge is 0.370 e. The number of likely N-dealkylation sites (tertiary alicyclic amines) is 1. The van der Waals surface area contributed by atoms with Crippen molar-refractivity contribution >= 4 is 5.91 Å². The van der Waals surface area contributed by atoms with Crippen molar-refractivity contribution in [3.8, 4) is 0 Å². The van der Waals surface area contributed by atoms with Crippen LogP contribution in [0.1, 0.15) is 47.7 Å². The lowest BCUT2D eigenvalue weighted by Gasteiger charge is -2.56. The summed E-state index contributed by atoms with van der Waals surface area (Å²) in [5, 5.41) is 0. The van der Waals surface area contributed by atoms with Gasteiger partial charge >= 0.3 is 0 Å². The Morgan fingerprint density at radius 2 is 1.82 bits per heavy atom. The number of carbonyl (C=O) groups excluding carboxylic acids is 1. The number of fused-ring (bicyclic) bond motifs is 2. The molecule has 1 heterocycles. The first-order chi connectivity index (χ1) is 13.6. The first-order valence-electron chi connectivity index (χ1n) is 10.4. The Labute approximate surface area is 167 Å². The highest BCUT2D eigenvalue weighted by Gasteiger charge is 2.53. The Hall–Kier alpha value is -2.17. The van der Waals surface area contributed by atoms with Crippen molar-refractivity contribution in [2.24, 2.45) is 17.6 Å². The molecule has 2 N–H and O–H groups in total. The Morgan fingerprint density at radius 1 is 1.11 bits per heavy atom. The van der Waals surface area contributed by atoms with Crippen LogP contribution < -0.4 is 5.73 Å². The second-order valence-electron chi connectivity index (χ2n) is 8.18. The van der Waals surface area contributed by atoms with Crippen molar-refractivity contribution in [2.75, 3.05) is 19.7 Å². The molecule has 28 heavy (non-hydrogen) atoms. The van der Waals surface area contributed by atoms with Gasteiger partial charge in [0, 0.05) is 43.6 Å². The summed E-state index contributed by atoms with van der Waals surface area (Å²) in [7, 11) is 0. The van der Waals surface area contributed by atoms with Crippen molar-refractivity contribution in [3.05, 3.63) is 71.3 Å². The van der Waals surface area contributed by atoms with E-state index >= 15 is 0 Å². The molecule has 2 aliphatic rings. The van der Waals surface area contributed by atoms with Crippen LogP contribution >= 0.6 is 0 Å². The van der Waals surface area contributed by atoms with E-state index in [4.69, 9.17) is 10.5 Å². The van der Waals surface area contributed by atoms with Gasteiger partial charge < -0.3 is 10.5 Å². The molecule has 2 aromatic rings. The zero-order valence-corrected chi connectivity index (χ0v) is 16.6. The molecule has 0 unspecified atom stereocenters. The average Bonchev–Trinajstić information content (AvgIpc) is 2.69. The zero-order chi connectivity index (χ0) is 19.6. The van der Waals surface area contributed by atoms with Crippen LogP contribution in [0.2, 0.25) is 0 Å². The molecule has 1 aliphatic carbocycles. The van der Waals surface area contributed by atoms with Crippen LogP contribution in [0.25, 0.3) is 0 Å². The van der Waals surface area contributed by atoms with Crippen LogP contribution in [0.5, 0.6) is 0 Å². The van der Waals surface area contributed by atoms with Crippen molar-refractivity contribution in [1.29, 1.82) is 0 Å². The van der Waals surface area contributed by atoms with E-state index in [0.29, 0.717) is 24.0 Å². The number of nitrogens with two attached hydrogens (primary N) is 1. The molecule has 0 spiro atoms. The third-order valence-corrected chi connectivity index (χ3v) is 6.51. The van der Waals surface area contributed by atoms with E-state index < -0.39 is 0 Å². The van der Waals surface area contributed by atoms with Crippen molar-refractivity contribution < 1.29 is 9.53 Å². The topological polar surface area (TPSA) is 55.6 Å². The van der Waals surface area contributed by atoms with Gasteiger partial charge in [-0.1, -0.05) is 48.9 Å². The van der Waals surface area contributed by atoms with Crippen molar-refractivity contribution in [3.63, 3.8) is 0 Å². The number of benzene rings is 2. The molecule has 4 nitrogen and oxygen atoms in total. The monoisotopic (exact) mass is 378 g/mol. The highest BCUT2D eigenvalue weighted by molar-refractivity contribution is 5.92. The first-order valence-corrected chi connectivity index (χ1v) is 10.4. The maximum absolute atomic E-state index is 11.8. The normalized spacial score (nSPS) is 27.5. The van der Waals surface area contributed by atoms with Crippen LogP contribution in [0, 0.1) is 11.8 Å². The SMILES string of the molecule is CCO[C@]1(c2cccc(C(N)=O)c2)[C@@H]2CCC[C@H]1CN(Cc1ccccc1)C2. The van der Waals surface area contributed by atoms with Gasteiger partial charge in [0.25, 0.3) is 0 Å². The lowest BCUT2D eigenvalue weighted by atomic mass is 9.62. The summed E-state index contributed by atoms with van der Waals surface area (Å²) in [6, 6.07) is 18.5. The van der Waals surface area contributed by atoms with Gasteiger partial charge in [0.1, 0.15) is 5.60 Å². The van der Waals surface area contributed by atoms with Gasteiger partial charge in [-0.2, -0.15) is 0 Å². The number of hydrogen-bond acceptors (Lipinski definition) is 3. The number of piperidine rings is 1. The number of ether oxygens (including phenoxy) is 1. The standard InChI is InChI=1S/C24H30N2O2/c1-2-28-24(20-11-6-10-19(14-20)23(25)27)21-12-7-13-22(24)17-26(16-21)15-18-8-4-3-5-9-18/h3-6,8-11,14,21-22H,2,7,12-13,15-17H2,1H3,(H2,25,27)/t21-,22+,24-. The summed E-state index contributed by atoms with van der Waals surface area (Å²) in [5.74, 6) is 0.471. The van der Waals surface area contributed by atoms with E-state index in [9.17, 15) is 4.79 Å². The van der Waals surface area contributed by atoms with E-state index in [1.807, 2.05) is 12.1 Å². The van der Waals surface area contributed by atoms with E-state index in [2.05, 4.69) is 48.2 Å². The average molecular weight is 379 g/mol. The quantitative estimate of drug-likeness (QED) is 0.828. The third-order valence-electron chi connectivity index (χ3n) is 6.51. The minimum absolute atomic E-state index is 0.314. The molecule has 2 aromatic carbocycles. The third kappa shape index (κ3) is 3.47. The first kappa shape index (κ1) is 19.2. The van der Waals surface area contributed by atoms with E-state index in [0.717, 1.165) is 38.0 Å². The molecule has 1 saturated carbocycles. The van der Waals surface area contributed by atoms with Crippen molar-refractivity contribution in [1.82, 2.24) is 4.90 Å². The lowest BCUT2D eigenvalue weighted by Crippen LogP contribution is -2.59. The number of amides is 1. The molecule has 3 atom stereocenters. The fourth-order valence-corrected chi connectivity index (χ4v) is 5.44. The number of hydrogen-bond donors (Lipinski definition) is 1. The fourth-order valence-electron chi connectivity index (χ4n) is 5.44. The Kier molecular flexibility index (Phi) is 5.51. The molecule has 4 heteroatoms. The van der Waals surface area contributed by atoms with Crippen LogP contribution in [-0.2, 0) is 16.9 Å². The lowest BCUT2D eigenvalue weighted by molar-refractivity contribution is -0.184. The van der Waals surface area contributed by atoms with Crippen molar-refractivity contribution in [2.45, 2.75) is 38.3 Å². The Balaban J connectivity index is 1.66. The number of rotatable bonds is 6. The zero-order valence-electron chi connectivity index (χ0n) is 16.6. The molecule has 1 amide bonds. The summed E-state index contributed by atoms with van der Waals surface area (Å²) >= 11 is 0. The molecule has 1 aliphatic heterocycles. The molecule has 148 valence electrons. The van der Waals surface area contributed by atoms with Crippen LogP contribution in [-0.4, -0.2) is 30.5 Å². The van der Waals surface area contributed by atoms with Gasteiger partial charge in [-0.25, -0.2) is 0 Å². The maximum Gasteiger partial charge on any atom is 0.248 e. The van der Waals surface area contributed by atoms with Gasteiger partial charge in [-0.05, 0) is 43.0 Å². The number of nitrogens with zero attached hydrogens (tertiary/aromatic N) is 1. The number of primary amides is 1. The summed E-state index contributed by atoms with van der Waals surface area (Å²) < 4.78 is 6.58. The molecule has 0 radical (unpaired) electrons. The van der Waals surface area contributed by atoms with Crippen LogP contribution in [0.15, 0.2) is 54.6 Å². The fraction of sp³-hybridized carbons (Fsp3) is 0.458. The highest BCUT2D eigenvalue weighted by atomic mass is 16.5. The predicted molar refractivity (Wildman–Crippen MR) is 111 cm³/mol. The molecular formula is C24H30N2O2. The van der Waals surface area contributed by atoms with Gasteiger partial charge in [0.05, 0.1) is 0 Å². The second kappa shape index (κ2) is 8.06. The minimum atomic E-state index is -0.375. The molecule has 2 fully saturated rings. The molecule has 1 saturated heterocycles. The van der Waals surface area contributed by atoms with E-state index in [-0.39, 0.29) is 11.5 Å². The van der Waals surface area contributed by atoms with Gasteiger partial charge in [0.2, 0.25) is 5.91 Å². The predicted octanol–water partition coefficient (Wildman–Crippen LogP) is 3.95. The van der Waals surface area contributed by atoms with Crippen LogP contribution in [0.3, 0.4) is 0 Å². The van der Waals surface area contributed by atoms with Gasteiger partial charge in [-0.15, -0.1) is 0 Å². The maximum atomic E-state index is 11.8. The van der Waals surface area contributed by atoms with Crippen LogP contribution in [0.4, 0.5) is 0 Å².